The second-order valence-electron chi connectivity index (χ2n) is 4.79. The highest BCUT2D eigenvalue weighted by Crippen LogP contribution is 2.30. The molecule has 0 aromatic rings. The standard InChI is InChI=1S/C12H25NO/c1-10(2)14-8-7-13-9-12-6-4-5-11(12)3/h10-13H,4-9H2,1-3H3. The van der Waals surface area contributed by atoms with Gasteiger partial charge in [0.2, 0.25) is 0 Å². The van der Waals surface area contributed by atoms with Crippen LogP contribution in [0.5, 0.6) is 0 Å². The molecule has 84 valence electrons. The van der Waals surface area contributed by atoms with E-state index in [4.69, 9.17) is 4.74 Å². The van der Waals surface area contributed by atoms with Crippen molar-refractivity contribution in [3.05, 3.63) is 0 Å². The maximum atomic E-state index is 5.47. The molecule has 1 N–H and O–H groups in total. The van der Waals surface area contributed by atoms with Crippen molar-refractivity contribution in [1.82, 2.24) is 5.32 Å². The fraction of sp³-hybridized carbons (Fsp3) is 1.00. The Hall–Kier alpha value is -0.0800. The largest absolute Gasteiger partial charge is 0.377 e. The lowest BCUT2D eigenvalue weighted by atomic mass is 9.98. The molecule has 0 saturated heterocycles. The Kier molecular flexibility index (Phi) is 5.49. The van der Waals surface area contributed by atoms with Crippen molar-refractivity contribution in [1.29, 1.82) is 0 Å². The van der Waals surface area contributed by atoms with Crippen molar-refractivity contribution < 1.29 is 4.74 Å². The van der Waals surface area contributed by atoms with Crippen LogP contribution in [0.3, 0.4) is 0 Å². The summed E-state index contributed by atoms with van der Waals surface area (Å²) in [6, 6.07) is 0. The summed E-state index contributed by atoms with van der Waals surface area (Å²) in [5.41, 5.74) is 0. The van der Waals surface area contributed by atoms with E-state index in [9.17, 15) is 0 Å². The van der Waals surface area contributed by atoms with Crippen LogP contribution in [0.2, 0.25) is 0 Å². The van der Waals surface area contributed by atoms with Crippen LogP contribution in [0.4, 0.5) is 0 Å². The summed E-state index contributed by atoms with van der Waals surface area (Å²) in [4.78, 5) is 0. The molecule has 0 radical (unpaired) electrons. The summed E-state index contributed by atoms with van der Waals surface area (Å²) < 4.78 is 5.47. The third kappa shape index (κ3) is 4.43. The molecular weight excluding hydrogens is 174 g/mol. The Morgan fingerprint density at radius 3 is 2.71 bits per heavy atom. The van der Waals surface area contributed by atoms with Gasteiger partial charge in [0.25, 0.3) is 0 Å². The molecule has 0 aromatic heterocycles. The highest BCUT2D eigenvalue weighted by molar-refractivity contribution is 4.75. The van der Waals surface area contributed by atoms with E-state index in [0.717, 1.165) is 25.0 Å². The number of hydrogen-bond donors (Lipinski definition) is 1. The van der Waals surface area contributed by atoms with Crippen molar-refractivity contribution >= 4 is 0 Å². The fourth-order valence-electron chi connectivity index (χ4n) is 2.18. The summed E-state index contributed by atoms with van der Waals surface area (Å²) >= 11 is 0. The Balaban J connectivity index is 1.93. The average Bonchev–Trinajstić information content (AvgIpc) is 2.51. The van der Waals surface area contributed by atoms with E-state index in [2.05, 4.69) is 26.1 Å². The summed E-state index contributed by atoms with van der Waals surface area (Å²) in [5, 5.41) is 3.49. The minimum Gasteiger partial charge on any atom is -0.377 e. The maximum Gasteiger partial charge on any atom is 0.0594 e. The maximum absolute atomic E-state index is 5.47. The third-order valence-corrected chi connectivity index (χ3v) is 3.18. The van der Waals surface area contributed by atoms with Crippen LogP contribution in [-0.2, 0) is 4.74 Å². The van der Waals surface area contributed by atoms with Gasteiger partial charge < -0.3 is 10.1 Å². The van der Waals surface area contributed by atoms with Crippen molar-refractivity contribution in [3.8, 4) is 0 Å². The Bertz CT molecular complexity index is 147. The molecule has 1 aliphatic carbocycles. The van der Waals surface area contributed by atoms with E-state index in [1.807, 2.05) is 0 Å². The van der Waals surface area contributed by atoms with Gasteiger partial charge in [0.05, 0.1) is 12.7 Å². The van der Waals surface area contributed by atoms with Crippen LogP contribution in [0.25, 0.3) is 0 Å². The van der Waals surface area contributed by atoms with Crippen LogP contribution >= 0.6 is 0 Å². The summed E-state index contributed by atoms with van der Waals surface area (Å²) in [7, 11) is 0. The molecule has 1 fully saturated rings. The zero-order valence-electron chi connectivity index (χ0n) is 9.88. The number of ether oxygens (including phenoxy) is 1. The molecule has 0 aliphatic heterocycles. The van der Waals surface area contributed by atoms with Gasteiger partial charge in [0, 0.05) is 6.54 Å². The average molecular weight is 199 g/mol. The van der Waals surface area contributed by atoms with E-state index in [0.29, 0.717) is 6.10 Å². The highest BCUT2D eigenvalue weighted by atomic mass is 16.5. The van der Waals surface area contributed by atoms with Crippen molar-refractivity contribution in [3.63, 3.8) is 0 Å². The van der Waals surface area contributed by atoms with Crippen LogP contribution in [0.1, 0.15) is 40.0 Å². The molecule has 14 heavy (non-hydrogen) atoms. The molecule has 2 heteroatoms. The van der Waals surface area contributed by atoms with E-state index < -0.39 is 0 Å². The van der Waals surface area contributed by atoms with Crippen LogP contribution in [0, 0.1) is 11.8 Å². The number of nitrogens with one attached hydrogen (secondary N) is 1. The topological polar surface area (TPSA) is 21.3 Å². The quantitative estimate of drug-likeness (QED) is 0.663. The molecule has 0 bridgehead atoms. The van der Waals surface area contributed by atoms with Gasteiger partial charge in [0.1, 0.15) is 0 Å². The van der Waals surface area contributed by atoms with E-state index in [1.165, 1.54) is 25.8 Å². The molecule has 0 aromatic carbocycles. The van der Waals surface area contributed by atoms with Gasteiger partial charge in [-0.05, 0) is 38.6 Å². The van der Waals surface area contributed by atoms with Crippen LogP contribution in [0.15, 0.2) is 0 Å². The summed E-state index contributed by atoms with van der Waals surface area (Å²) in [5.74, 6) is 1.84. The first-order valence-corrected chi connectivity index (χ1v) is 6.02. The Labute approximate surface area is 88.4 Å². The molecule has 2 unspecified atom stereocenters. The summed E-state index contributed by atoms with van der Waals surface area (Å²) in [6.07, 6.45) is 4.63. The molecule has 0 spiro atoms. The van der Waals surface area contributed by atoms with Crippen molar-refractivity contribution in [2.45, 2.75) is 46.1 Å². The lowest BCUT2D eigenvalue weighted by Crippen LogP contribution is -2.28. The minimum absolute atomic E-state index is 0.363. The van der Waals surface area contributed by atoms with Gasteiger partial charge in [0.15, 0.2) is 0 Å². The summed E-state index contributed by atoms with van der Waals surface area (Å²) in [6.45, 7) is 9.57. The lowest BCUT2D eigenvalue weighted by molar-refractivity contribution is 0.0801. The molecule has 2 nitrogen and oxygen atoms in total. The molecule has 1 aliphatic rings. The SMILES string of the molecule is CC(C)OCCNCC1CCCC1C. The lowest BCUT2D eigenvalue weighted by Gasteiger charge is -2.16. The Morgan fingerprint density at radius 1 is 1.36 bits per heavy atom. The van der Waals surface area contributed by atoms with Crippen LogP contribution < -0.4 is 5.32 Å². The second-order valence-corrected chi connectivity index (χ2v) is 4.79. The molecule has 1 rings (SSSR count). The van der Waals surface area contributed by atoms with Crippen molar-refractivity contribution in [2.24, 2.45) is 11.8 Å². The van der Waals surface area contributed by atoms with Crippen LogP contribution in [-0.4, -0.2) is 25.8 Å². The molecule has 0 amide bonds. The molecular formula is C12H25NO. The predicted molar refractivity (Wildman–Crippen MR) is 60.5 cm³/mol. The monoisotopic (exact) mass is 199 g/mol. The number of rotatable bonds is 6. The van der Waals surface area contributed by atoms with Crippen molar-refractivity contribution in [2.75, 3.05) is 19.7 Å². The first kappa shape index (κ1) is 12.0. The Morgan fingerprint density at radius 2 is 2.14 bits per heavy atom. The zero-order chi connectivity index (χ0) is 10.4. The van der Waals surface area contributed by atoms with Gasteiger partial charge in [-0.3, -0.25) is 0 Å². The minimum atomic E-state index is 0.363. The van der Waals surface area contributed by atoms with E-state index >= 15 is 0 Å². The normalized spacial score (nSPS) is 27.4. The molecule has 2 atom stereocenters. The van der Waals surface area contributed by atoms with Gasteiger partial charge in [-0.1, -0.05) is 19.8 Å². The first-order chi connectivity index (χ1) is 6.70. The third-order valence-electron chi connectivity index (χ3n) is 3.18. The van der Waals surface area contributed by atoms with Gasteiger partial charge in [-0.2, -0.15) is 0 Å². The zero-order valence-corrected chi connectivity index (χ0v) is 9.88. The van der Waals surface area contributed by atoms with Gasteiger partial charge in [-0.15, -0.1) is 0 Å². The van der Waals surface area contributed by atoms with Gasteiger partial charge in [-0.25, -0.2) is 0 Å². The fourth-order valence-corrected chi connectivity index (χ4v) is 2.18. The van der Waals surface area contributed by atoms with E-state index in [1.54, 1.807) is 0 Å². The second kappa shape index (κ2) is 6.41. The smallest absolute Gasteiger partial charge is 0.0594 e. The van der Waals surface area contributed by atoms with Gasteiger partial charge >= 0.3 is 0 Å². The predicted octanol–water partition coefficient (Wildman–Crippen LogP) is 2.44. The molecule has 1 saturated carbocycles. The van der Waals surface area contributed by atoms with E-state index in [-0.39, 0.29) is 0 Å². The number of hydrogen-bond acceptors (Lipinski definition) is 2. The molecule has 0 heterocycles. The first-order valence-electron chi connectivity index (χ1n) is 6.02. The highest BCUT2D eigenvalue weighted by Gasteiger charge is 2.22.